The number of phosphoric ester groups is 1. The summed E-state index contributed by atoms with van der Waals surface area (Å²) in [5.41, 5.74) is 0. The number of carbonyl (C=O) groups excluding carboxylic acids is 1. The molecule has 0 aromatic rings. The van der Waals surface area contributed by atoms with Gasteiger partial charge in [0, 0.05) is 24.5 Å². The van der Waals surface area contributed by atoms with Gasteiger partial charge in [0.25, 0.3) is 0 Å². The SMILES string of the molecule is CC(CCCCCCCCCCCCCNC(=O)CCCSSCCO)CCCC(C)CCOP(=O)(O)O[C@@H]1O[C@H](CO)[C@@H](O)[C@H](O)[C@@H]1O. The maximum absolute atomic E-state index is 12.3. The molecule has 7 N–H and O–H groups in total. The number of rotatable bonds is 32. The number of amides is 1. The Kier molecular flexibility index (Phi) is 28.3. The van der Waals surface area contributed by atoms with E-state index in [0.29, 0.717) is 24.7 Å². The summed E-state index contributed by atoms with van der Waals surface area (Å²) >= 11 is 0. The summed E-state index contributed by atoms with van der Waals surface area (Å²) in [4.78, 5) is 21.9. The highest BCUT2D eigenvalue weighted by atomic mass is 33.1. The standard InChI is InChI=1S/C34H68NO11PS2/c1-27(16-12-10-8-6-4-3-5-7-9-11-13-21-35-30(38)19-15-24-48-49-25-22-36)17-14-18-28(2)20-23-44-47(42,43)46-34-33(41)32(40)31(39)29(26-37)45-34/h27-29,31-34,36-37,39-41H,3-26H2,1-2H3,(H,35,38)(H,42,43)/t27?,28?,29-,31-,32+,33+,34+/m1/s1. The molecule has 8 atom stereocenters. The van der Waals surface area contributed by atoms with Crippen LogP contribution in [0.15, 0.2) is 0 Å². The second-order valence-corrected chi connectivity index (χ2v) is 17.6. The summed E-state index contributed by atoms with van der Waals surface area (Å²) in [6.07, 6.45) is 12.3. The van der Waals surface area contributed by atoms with E-state index in [9.17, 15) is 34.7 Å². The quantitative estimate of drug-likeness (QED) is 0.0251. The molecular formula is C34H68NO11PS2. The van der Waals surface area contributed by atoms with Gasteiger partial charge in [0.15, 0.2) is 6.29 Å². The number of carbonyl (C=O) groups is 1. The molecule has 15 heteroatoms. The molecule has 1 aliphatic rings. The highest BCUT2D eigenvalue weighted by molar-refractivity contribution is 8.76. The Labute approximate surface area is 303 Å². The van der Waals surface area contributed by atoms with E-state index in [0.717, 1.165) is 50.2 Å². The van der Waals surface area contributed by atoms with E-state index in [2.05, 4.69) is 19.2 Å². The Morgan fingerprint density at radius 3 is 1.92 bits per heavy atom. The first-order valence-corrected chi connectivity index (χ1v) is 22.6. The van der Waals surface area contributed by atoms with Crippen LogP contribution in [0, 0.1) is 11.8 Å². The highest BCUT2D eigenvalue weighted by Crippen LogP contribution is 2.46. The van der Waals surface area contributed by atoms with Crippen molar-refractivity contribution in [2.75, 3.05) is 37.9 Å². The zero-order valence-electron chi connectivity index (χ0n) is 30.0. The number of aliphatic hydroxyl groups is 5. The predicted octanol–water partition coefficient (Wildman–Crippen LogP) is 5.70. The zero-order valence-corrected chi connectivity index (χ0v) is 32.5. The van der Waals surface area contributed by atoms with Gasteiger partial charge in [0.2, 0.25) is 5.91 Å². The summed E-state index contributed by atoms with van der Waals surface area (Å²) in [5.74, 6) is 2.81. The number of aliphatic hydroxyl groups excluding tert-OH is 5. The minimum absolute atomic E-state index is 0.0171. The number of hydrogen-bond donors (Lipinski definition) is 7. The first-order valence-electron chi connectivity index (χ1n) is 18.6. The molecule has 1 aliphatic heterocycles. The van der Waals surface area contributed by atoms with Gasteiger partial charge in [-0.2, -0.15) is 0 Å². The average molecular weight is 762 g/mol. The van der Waals surface area contributed by atoms with Crippen molar-refractivity contribution in [1.82, 2.24) is 5.32 Å². The molecule has 1 heterocycles. The molecule has 1 fully saturated rings. The van der Waals surface area contributed by atoms with E-state index in [4.69, 9.17) is 18.9 Å². The van der Waals surface area contributed by atoms with E-state index in [1.165, 1.54) is 70.6 Å². The van der Waals surface area contributed by atoms with Crippen molar-refractivity contribution in [1.29, 1.82) is 0 Å². The molecule has 49 heavy (non-hydrogen) atoms. The van der Waals surface area contributed by atoms with Crippen molar-refractivity contribution in [3.63, 3.8) is 0 Å². The third kappa shape index (κ3) is 24.1. The molecule has 1 saturated heterocycles. The monoisotopic (exact) mass is 761 g/mol. The second-order valence-electron chi connectivity index (χ2n) is 13.5. The molecule has 1 rings (SSSR count). The third-order valence-corrected chi connectivity index (χ3v) is 12.4. The Morgan fingerprint density at radius 1 is 0.755 bits per heavy atom. The van der Waals surface area contributed by atoms with Gasteiger partial charge < -0.3 is 40.5 Å². The number of ether oxygens (including phenoxy) is 1. The summed E-state index contributed by atoms with van der Waals surface area (Å²) in [7, 11) is -1.22. The van der Waals surface area contributed by atoms with Gasteiger partial charge in [-0.25, -0.2) is 4.57 Å². The second kappa shape index (κ2) is 29.5. The maximum Gasteiger partial charge on any atom is 0.474 e. The van der Waals surface area contributed by atoms with Gasteiger partial charge in [-0.1, -0.05) is 125 Å². The number of phosphoric acid groups is 1. The summed E-state index contributed by atoms with van der Waals surface area (Å²) < 4.78 is 27.3. The first-order chi connectivity index (χ1) is 23.5. The van der Waals surface area contributed by atoms with E-state index in [-0.39, 0.29) is 19.1 Å². The fourth-order valence-corrected chi connectivity index (χ4v) is 8.45. The minimum atomic E-state index is -4.60. The molecule has 0 radical (unpaired) electrons. The molecular weight excluding hydrogens is 693 g/mol. The Bertz CT molecular complexity index is 863. The molecule has 0 aliphatic carbocycles. The largest absolute Gasteiger partial charge is 0.474 e. The zero-order chi connectivity index (χ0) is 36.3. The summed E-state index contributed by atoms with van der Waals surface area (Å²) in [6.45, 7) is 4.69. The van der Waals surface area contributed by atoms with Crippen molar-refractivity contribution in [3.8, 4) is 0 Å². The van der Waals surface area contributed by atoms with Crippen molar-refractivity contribution >= 4 is 35.3 Å². The van der Waals surface area contributed by atoms with Crippen LogP contribution in [-0.2, 0) is 23.1 Å². The smallest absolute Gasteiger partial charge is 0.395 e. The predicted molar refractivity (Wildman–Crippen MR) is 197 cm³/mol. The van der Waals surface area contributed by atoms with Crippen LogP contribution in [0.5, 0.6) is 0 Å². The summed E-state index contributed by atoms with van der Waals surface area (Å²) in [6, 6.07) is 0. The van der Waals surface area contributed by atoms with Crippen LogP contribution in [0.1, 0.15) is 129 Å². The lowest BCUT2D eigenvalue weighted by molar-refractivity contribution is -0.281. The molecule has 292 valence electrons. The average Bonchev–Trinajstić information content (AvgIpc) is 3.06. The van der Waals surface area contributed by atoms with Crippen molar-refractivity contribution in [2.45, 2.75) is 160 Å². The fourth-order valence-electron chi connectivity index (χ4n) is 5.76. The third-order valence-electron chi connectivity index (χ3n) is 8.93. The lowest BCUT2D eigenvalue weighted by atomic mass is 9.93. The van der Waals surface area contributed by atoms with Gasteiger partial charge in [0.05, 0.1) is 19.8 Å². The molecule has 1 amide bonds. The van der Waals surface area contributed by atoms with Crippen LogP contribution in [0.25, 0.3) is 0 Å². The van der Waals surface area contributed by atoms with Crippen LogP contribution < -0.4 is 5.32 Å². The van der Waals surface area contributed by atoms with Crippen molar-refractivity contribution in [3.05, 3.63) is 0 Å². The number of unbranched alkanes of at least 4 members (excludes halogenated alkanes) is 10. The van der Waals surface area contributed by atoms with E-state index >= 15 is 0 Å². The Hall–Kier alpha value is 0.0400. The summed E-state index contributed by atoms with van der Waals surface area (Å²) in [5, 5.41) is 50.6. The van der Waals surface area contributed by atoms with Crippen LogP contribution in [0.2, 0.25) is 0 Å². The lowest BCUT2D eigenvalue weighted by Gasteiger charge is -2.39. The Balaban J connectivity index is 1.92. The number of hydrogen-bond acceptors (Lipinski definition) is 12. The molecule has 3 unspecified atom stereocenters. The van der Waals surface area contributed by atoms with Gasteiger partial charge in [-0.15, -0.1) is 0 Å². The number of nitrogens with one attached hydrogen (secondary N) is 1. The van der Waals surface area contributed by atoms with Crippen molar-refractivity contribution in [2.24, 2.45) is 11.8 Å². The normalized spacial score (nSPS) is 23.6. The van der Waals surface area contributed by atoms with E-state index < -0.39 is 45.1 Å². The van der Waals surface area contributed by atoms with Gasteiger partial charge >= 0.3 is 7.82 Å². The van der Waals surface area contributed by atoms with Crippen LogP contribution >= 0.6 is 29.4 Å². The molecule has 0 aromatic heterocycles. The topological polar surface area (TPSA) is 195 Å². The van der Waals surface area contributed by atoms with Gasteiger partial charge in [0.1, 0.15) is 24.4 Å². The molecule has 0 saturated carbocycles. The maximum atomic E-state index is 12.3. The molecule has 0 spiro atoms. The molecule has 0 aromatic carbocycles. The highest BCUT2D eigenvalue weighted by Gasteiger charge is 2.46. The molecule has 0 bridgehead atoms. The molecule has 12 nitrogen and oxygen atoms in total. The minimum Gasteiger partial charge on any atom is -0.395 e. The van der Waals surface area contributed by atoms with Gasteiger partial charge in [-0.3, -0.25) is 13.8 Å². The first kappa shape index (κ1) is 47.1. The van der Waals surface area contributed by atoms with E-state index in [1.807, 2.05) is 0 Å². The fraction of sp³-hybridized carbons (Fsp3) is 0.971. The van der Waals surface area contributed by atoms with E-state index in [1.54, 1.807) is 21.6 Å². The van der Waals surface area contributed by atoms with Crippen LogP contribution in [0.4, 0.5) is 0 Å². The van der Waals surface area contributed by atoms with Crippen LogP contribution in [0.3, 0.4) is 0 Å². The lowest BCUT2D eigenvalue weighted by Crippen LogP contribution is -2.58. The Morgan fingerprint density at radius 2 is 1.31 bits per heavy atom. The van der Waals surface area contributed by atoms with Crippen LogP contribution in [-0.4, -0.2) is 105 Å². The van der Waals surface area contributed by atoms with Gasteiger partial charge in [-0.05, 0) is 31.1 Å². The van der Waals surface area contributed by atoms with Crippen molar-refractivity contribution < 1.29 is 53.6 Å².